The fourth-order valence-corrected chi connectivity index (χ4v) is 7.92. The zero-order valence-electron chi connectivity index (χ0n) is 21.0. The van der Waals surface area contributed by atoms with Gasteiger partial charge in [-0.15, -0.1) is 0 Å². The number of hydrogen-bond donors (Lipinski definition) is 1. The van der Waals surface area contributed by atoms with Gasteiger partial charge in [-0.05, 0) is 97.6 Å². The minimum Gasteiger partial charge on any atom is -0.388 e. The van der Waals surface area contributed by atoms with Crippen molar-refractivity contribution < 1.29 is 22.8 Å². The number of allylic oxidation sites excluding steroid dienone is 4. The summed E-state index contributed by atoms with van der Waals surface area (Å²) in [6, 6.07) is 8.21. The largest absolute Gasteiger partial charge is 0.457 e. The van der Waals surface area contributed by atoms with Crippen LogP contribution in [0.3, 0.4) is 0 Å². The van der Waals surface area contributed by atoms with E-state index in [-0.39, 0.29) is 29.3 Å². The molecule has 2 fully saturated rings. The maximum Gasteiger partial charge on any atom is 0.457 e. The fourth-order valence-electron chi connectivity index (χ4n) is 7.92. The van der Waals surface area contributed by atoms with Crippen LogP contribution in [0.5, 0.6) is 0 Å². The third-order valence-electron chi connectivity index (χ3n) is 9.55. The zero-order chi connectivity index (χ0) is 25.9. The van der Waals surface area contributed by atoms with E-state index >= 15 is 0 Å². The third-order valence-corrected chi connectivity index (χ3v) is 9.55. The topological polar surface area (TPSA) is 46.2 Å². The van der Waals surface area contributed by atoms with Crippen LogP contribution >= 0.6 is 0 Å². The maximum atomic E-state index is 13.3. The van der Waals surface area contributed by atoms with Gasteiger partial charge in [0.1, 0.15) is 5.78 Å². The summed E-state index contributed by atoms with van der Waals surface area (Å²) in [5, 5.41) is 3.14. The molecule has 1 aromatic carbocycles. The van der Waals surface area contributed by atoms with Gasteiger partial charge in [0, 0.05) is 31.0 Å². The van der Waals surface area contributed by atoms with Crippen molar-refractivity contribution in [2.45, 2.75) is 70.9 Å². The molecule has 0 bridgehead atoms. The average molecular weight is 496 g/mol. The molecule has 0 spiro atoms. The lowest BCUT2D eigenvalue weighted by Crippen LogP contribution is -2.50. The highest BCUT2D eigenvalue weighted by atomic mass is 19.4. The Bertz CT molecular complexity index is 1230. The Morgan fingerprint density at radius 3 is 2.47 bits per heavy atom. The molecule has 190 valence electrons. The van der Waals surface area contributed by atoms with E-state index in [1.807, 2.05) is 26.1 Å². The molecule has 0 aliphatic heterocycles. The molecule has 0 radical (unpaired) electrons. The van der Waals surface area contributed by atoms with E-state index in [1.54, 1.807) is 6.08 Å². The normalized spacial score (nSPS) is 33.6. The molecule has 0 amide bonds. The molecular weight excluding hydrogens is 463 g/mol. The van der Waals surface area contributed by atoms with E-state index < -0.39 is 17.0 Å². The van der Waals surface area contributed by atoms with Gasteiger partial charge in [0.05, 0.1) is 5.41 Å². The summed E-state index contributed by atoms with van der Waals surface area (Å²) >= 11 is 0. The first-order valence-corrected chi connectivity index (χ1v) is 12.9. The van der Waals surface area contributed by atoms with Crippen LogP contribution in [0.1, 0.15) is 70.3 Å². The van der Waals surface area contributed by atoms with Crippen LogP contribution in [0.4, 0.5) is 18.9 Å². The monoisotopic (exact) mass is 495 g/mol. The number of hydrogen-bond acceptors (Lipinski definition) is 3. The van der Waals surface area contributed by atoms with E-state index in [4.69, 9.17) is 0 Å². The molecule has 1 N–H and O–H groups in total. The van der Waals surface area contributed by atoms with Crippen LogP contribution in [0.15, 0.2) is 47.1 Å². The van der Waals surface area contributed by atoms with Crippen LogP contribution in [0, 0.1) is 34.5 Å². The number of nitrogens with one attached hydrogen (secondary N) is 1. The van der Waals surface area contributed by atoms with Crippen molar-refractivity contribution in [3.8, 4) is 11.8 Å². The Hall–Kier alpha value is -2.81. The smallest absolute Gasteiger partial charge is 0.388 e. The molecule has 0 saturated heterocycles. The average Bonchev–Trinajstić information content (AvgIpc) is 3.14. The fraction of sp³-hybridized carbons (Fsp3) is 0.533. The van der Waals surface area contributed by atoms with Gasteiger partial charge in [-0.3, -0.25) is 9.59 Å². The summed E-state index contributed by atoms with van der Waals surface area (Å²) in [5.41, 5.74) is 3.85. The second-order valence-electron chi connectivity index (χ2n) is 11.1. The molecule has 36 heavy (non-hydrogen) atoms. The van der Waals surface area contributed by atoms with Gasteiger partial charge in [0.2, 0.25) is 0 Å². The van der Waals surface area contributed by atoms with Crippen LogP contribution in [0.2, 0.25) is 0 Å². The van der Waals surface area contributed by atoms with Gasteiger partial charge in [0.15, 0.2) is 5.78 Å². The Kier molecular flexibility index (Phi) is 5.97. The van der Waals surface area contributed by atoms with Crippen LogP contribution in [-0.4, -0.2) is 24.8 Å². The summed E-state index contributed by atoms with van der Waals surface area (Å²) in [6.45, 7) is 3.43. The zero-order valence-corrected chi connectivity index (χ0v) is 21.0. The van der Waals surface area contributed by atoms with Crippen molar-refractivity contribution in [2.75, 3.05) is 12.4 Å². The third kappa shape index (κ3) is 3.83. The molecule has 5 rings (SSSR count). The molecule has 4 aliphatic rings. The molecule has 0 heterocycles. The lowest BCUT2D eigenvalue weighted by Gasteiger charge is -2.54. The summed E-state index contributed by atoms with van der Waals surface area (Å²) in [4.78, 5) is 25.4. The van der Waals surface area contributed by atoms with Crippen LogP contribution < -0.4 is 5.32 Å². The lowest BCUT2D eigenvalue weighted by atomic mass is 9.48. The first kappa shape index (κ1) is 24.9. The molecular formula is C30H32F3NO2. The summed E-state index contributed by atoms with van der Waals surface area (Å²) < 4.78 is 39.8. The van der Waals surface area contributed by atoms with Gasteiger partial charge < -0.3 is 5.32 Å². The number of halogens is 3. The molecule has 0 aromatic heterocycles. The van der Waals surface area contributed by atoms with Gasteiger partial charge >= 0.3 is 6.18 Å². The summed E-state index contributed by atoms with van der Waals surface area (Å²) in [5.74, 6) is 4.15. The van der Waals surface area contributed by atoms with Gasteiger partial charge in [-0.25, -0.2) is 0 Å². The quantitative estimate of drug-likeness (QED) is 0.471. The lowest BCUT2D eigenvalue weighted by molar-refractivity contribution is -0.130. The van der Waals surface area contributed by atoms with Crippen molar-refractivity contribution >= 4 is 17.3 Å². The Balaban J connectivity index is 1.70. The molecule has 2 saturated carbocycles. The number of alkyl halides is 3. The Morgan fingerprint density at radius 1 is 1.11 bits per heavy atom. The minimum absolute atomic E-state index is 0.0291. The highest BCUT2D eigenvalue weighted by Crippen LogP contribution is 2.69. The van der Waals surface area contributed by atoms with Crippen LogP contribution in [-0.2, 0) is 9.59 Å². The second-order valence-corrected chi connectivity index (χ2v) is 11.1. The van der Waals surface area contributed by atoms with Crippen molar-refractivity contribution in [3.63, 3.8) is 0 Å². The number of carbonyl (C=O) groups is 2. The number of benzene rings is 1. The maximum absolute atomic E-state index is 13.3. The molecule has 0 unspecified atom stereocenters. The van der Waals surface area contributed by atoms with Gasteiger partial charge in [-0.2, -0.15) is 13.2 Å². The van der Waals surface area contributed by atoms with Crippen molar-refractivity contribution in [1.29, 1.82) is 0 Å². The SMILES string of the molecule is CNc1ccc([C@H]2C[C@@]3(C)[C@@H](CC[C@]3(C#CC(F)(F)F)C(C)=O)[C@@H]3CCC4=CC(=O)CCC4=C32)cc1. The van der Waals surface area contributed by atoms with Gasteiger partial charge in [0.25, 0.3) is 0 Å². The van der Waals surface area contributed by atoms with E-state index in [0.29, 0.717) is 25.7 Å². The number of Topliss-reactive ketones (excluding diaryl/α,β-unsaturated/α-hetero) is 1. The Morgan fingerprint density at radius 2 is 1.83 bits per heavy atom. The molecule has 4 aliphatic carbocycles. The first-order chi connectivity index (χ1) is 17.0. The molecule has 3 nitrogen and oxygen atoms in total. The number of anilines is 1. The highest BCUT2D eigenvalue weighted by molar-refractivity contribution is 5.93. The standard InChI is InChI=1S/C30H32F3NO2/c1-18(35)29(14-15-30(31,32)33)13-12-26-24-10-6-20-16-22(36)9-11-23(20)27(24)25(17-28(26,29)2)19-4-7-21(34-3)8-5-19/h4-5,7-8,16,24-26,34H,6,9-13,17H2,1-3H3/t24-,25+,26-,28-,29-/m0/s1. The van der Waals surface area contributed by atoms with Crippen LogP contribution in [0.25, 0.3) is 0 Å². The van der Waals surface area contributed by atoms with Crippen molar-refractivity contribution in [2.24, 2.45) is 22.7 Å². The van der Waals surface area contributed by atoms with E-state index in [1.165, 1.54) is 24.0 Å². The predicted molar refractivity (Wildman–Crippen MR) is 133 cm³/mol. The highest BCUT2D eigenvalue weighted by Gasteiger charge is 2.65. The number of ketones is 2. The Labute approximate surface area is 210 Å². The van der Waals surface area contributed by atoms with E-state index in [9.17, 15) is 22.8 Å². The number of fused-ring (bicyclic) bond motifs is 4. The number of rotatable bonds is 3. The van der Waals surface area contributed by atoms with Gasteiger partial charge in [-0.1, -0.05) is 30.6 Å². The molecule has 1 aromatic rings. The summed E-state index contributed by atoms with van der Waals surface area (Å²) in [6.07, 6.45) is 1.65. The van der Waals surface area contributed by atoms with Crippen molar-refractivity contribution in [3.05, 3.63) is 52.6 Å². The van der Waals surface area contributed by atoms with E-state index in [2.05, 4.69) is 23.4 Å². The minimum atomic E-state index is -4.64. The van der Waals surface area contributed by atoms with Crippen molar-refractivity contribution in [1.82, 2.24) is 0 Å². The first-order valence-electron chi connectivity index (χ1n) is 12.9. The molecule has 6 heteroatoms. The number of carbonyl (C=O) groups excluding carboxylic acids is 2. The van der Waals surface area contributed by atoms with E-state index in [0.717, 1.165) is 36.1 Å². The second kappa shape index (κ2) is 8.64. The predicted octanol–water partition coefficient (Wildman–Crippen LogP) is 6.77. The molecule has 5 atom stereocenters. The summed E-state index contributed by atoms with van der Waals surface area (Å²) in [7, 11) is 1.86.